The number of benzene rings is 2. The Bertz CT molecular complexity index is 718. The second kappa shape index (κ2) is 7.11. The molecule has 0 unspecified atom stereocenters. The van der Waals surface area contributed by atoms with Crippen molar-refractivity contribution in [2.45, 2.75) is 19.3 Å². The van der Waals surface area contributed by atoms with Crippen molar-refractivity contribution in [3.05, 3.63) is 65.5 Å². The Kier molecular flexibility index (Phi) is 4.73. The van der Waals surface area contributed by atoms with Crippen LogP contribution < -0.4 is 4.90 Å². The average Bonchev–Trinajstić information content (AvgIpc) is 2.62. The van der Waals surface area contributed by atoms with Crippen molar-refractivity contribution in [3.8, 4) is 6.07 Å². The largest absolute Gasteiger partial charge is 0.372 e. The molecule has 0 N–H and O–H groups in total. The maximum atomic E-state index is 13.0. The van der Waals surface area contributed by atoms with Crippen LogP contribution in [0.25, 0.3) is 11.6 Å². The summed E-state index contributed by atoms with van der Waals surface area (Å²) in [7, 11) is 0. The first-order valence-electron chi connectivity index (χ1n) is 7.99. The summed E-state index contributed by atoms with van der Waals surface area (Å²) in [4.78, 5) is 2.40. The van der Waals surface area contributed by atoms with E-state index in [1.807, 2.05) is 18.2 Å². The zero-order chi connectivity index (χ0) is 16.1. The van der Waals surface area contributed by atoms with Crippen molar-refractivity contribution in [1.29, 1.82) is 5.26 Å². The molecule has 0 aliphatic carbocycles. The molecule has 0 radical (unpaired) electrons. The normalized spacial score (nSPS) is 15.3. The Hall–Kier alpha value is -2.60. The molecule has 3 rings (SSSR count). The van der Waals surface area contributed by atoms with Crippen LogP contribution in [0.2, 0.25) is 0 Å². The summed E-state index contributed by atoms with van der Waals surface area (Å²) in [5, 5.41) is 9.35. The number of rotatable bonds is 3. The lowest BCUT2D eigenvalue weighted by Gasteiger charge is -2.28. The predicted molar refractivity (Wildman–Crippen MR) is 92.4 cm³/mol. The first-order valence-corrected chi connectivity index (χ1v) is 7.99. The minimum absolute atomic E-state index is 0.295. The lowest BCUT2D eigenvalue weighted by Crippen LogP contribution is -2.29. The Morgan fingerprint density at radius 2 is 1.61 bits per heavy atom. The average molecular weight is 306 g/mol. The van der Waals surface area contributed by atoms with Crippen LogP contribution in [0, 0.1) is 17.1 Å². The molecule has 0 atom stereocenters. The summed E-state index contributed by atoms with van der Waals surface area (Å²) in [5.41, 5.74) is 3.48. The Labute approximate surface area is 136 Å². The summed E-state index contributed by atoms with van der Waals surface area (Å²) in [6.07, 6.45) is 5.67. The first kappa shape index (κ1) is 15.3. The van der Waals surface area contributed by atoms with E-state index in [2.05, 4.69) is 23.1 Å². The van der Waals surface area contributed by atoms with Gasteiger partial charge in [0.25, 0.3) is 0 Å². The fourth-order valence-corrected chi connectivity index (χ4v) is 2.91. The number of anilines is 1. The molecule has 23 heavy (non-hydrogen) atoms. The molecular formula is C20H19FN2. The zero-order valence-electron chi connectivity index (χ0n) is 13.0. The quantitative estimate of drug-likeness (QED) is 0.597. The summed E-state index contributed by atoms with van der Waals surface area (Å²) in [6.45, 7) is 2.24. The van der Waals surface area contributed by atoms with Crippen LogP contribution in [-0.2, 0) is 0 Å². The van der Waals surface area contributed by atoms with Gasteiger partial charge in [-0.3, -0.25) is 0 Å². The number of piperidine rings is 1. The van der Waals surface area contributed by atoms with Gasteiger partial charge in [0.05, 0.1) is 11.6 Å². The van der Waals surface area contributed by atoms with Gasteiger partial charge in [-0.1, -0.05) is 24.3 Å². The van der Waals surface area contributed by atoms with Gasteiger partial charge in [0.15, 0.2) is 0 Å². The highest BCUT2D eigenvalue weighted by Crippen LogP contribution is 2.23. The van der Waals surface area contributed by atoms with Gasteiger partial charge in [-0.2, -0.15) is 5.26 Å². The van der Waals surface area contributed by atoms with Crippen LogP contribution in [0.15, 0.2) is 48.5 Å². The van der Waals surface area contributed by atoms with Crippen molar-refractivity contribution >= 4 is 17.3 Å². The summed E-state index contributed by atoms with van der Waals surface area (Å²) in [6, 6.07) is 16.5. The van der Waals surface area contributed by atoms with Crippen LogP contribution in [0.1, 0.15) is 30.4 Å². The molecule has 3 heteroatoms. The van der Waals surface area contributed by atoms with Gasteiger partial charge in [-0.05, 0) is 60.7 Å². The number of hydrogen-bond donors (Lipinski definition) is 0. The zero-order valence-corrected chi connectivity index (χ0v) is 13.0. The van der Waals surface area contributed by atoms with Gasteiger partial charge in [-0.25, -0.2) is 4.39 Å². The maximum absolute atomic E-state index is 13.0. The molecule has 2 nitrogen and oxygen atoms in total. The van der Waals surface area contributed by atoms with Crippen molar-refractivity contribution in [3.63, 3.8) is 0 Å². The van der Waals surface area contributed by atoms with Crippen LogP contribution in [0.4, 0.5) is 10.1 Å². The Morgan fingerprint density at radius 3 is 2.22 bits per heavy atom. The fourth-order valence-electron chi connectivity index (χ4n) is 2.91. The predicted octanol–water partition coefficient (Wildman–Crippen LogP) is 4.88. The minimum atomic E-state index is -0.295. The maximum Gasteiger partial charge on any atom is 0.123 e. The van der Waals surface area contributed by atoms with E-state index in [1.54, 1.807) is 12.1 Å². The SMILES string of the molecule is N#C/C(=C\c1ccc(N2CCCCC2)cc1)c1ccc(F)cc1. The molecule has 0 bridgehead atoms. The number of nitriles is 1. The van der Waals surface area contributed by atoms with E-state index >= 15 is 0 Å². The second-order valence-corrected chi connectivity index (χ2v) is 5.82. The van der Waals surface area contributed by atoms with Gasteiger partial charge in [-0.15, -0.1) is 0 Å². The third kappa shape index (κ3) is 3.78. The molecule has 1 aliphatic rings. The Morgan fingerprint density at radius 1 is 0.957 bits per heavy atom. The van der Waals surface area contributed by atoms with Crippen molar-refractivity contribution in [1.82, 2.24) is 0 Å². The lowest BCUT2D eigenvalue weighted by atomic mass is 10.0. The number of hydrogen-bond acceptors (Lipinski definition) is 2. The van der Waals surface area contributed by atoms with Crippen molar-refractivity contribution in [2.24, 2.45) is 0 Å². The molecule has 1 saturated heterocycles. The summed E-state index contributed by atoms with van der Waals surface area (Å²) >= 11 is 0. The molecular weight excluding hydrogens is 287 g/mol. The van der Waals surface area contributed by atoms with E-state index in [9.17, 15) is 9.65 Å². The molecule has 1 aliphatic heterocycles. The highest BCUT2D eigenvalue weighted by molar-refractivity contribution is 5.89. The van der Waals surface area contributed by atoms with E-state index in [0.29, 0.717) is 5.57 Å². The molecule has 2 aromatic carbocycles. The van der Waals surface area contributed by atoms with Crippen LogP contribution in [0.3, 0.4) is 0 Å². The molecule has 0 saturated carbocycles. The molecule has 0 aromatic heterocycles. The van der Waals surface area contributed by atoms with E-state index in [4.69, 9.17) is 0 Å². The second-order valence-electron chi connectivity index (χ2n) is 5.82. The van der Waals surface area contributed by atoms with Gasteiger partial charge in [0.2, 0.25) is 0 Å². The smallest absolute Gasteiger partial charge is 0.123 e. The number of halogens is 1. The Balaban J connectivity index is 1.80. The first-order chi connectivity index (χ1) is 11.3. The molecule has 0 spiro atoms. The molecule has 2 aromatic rings. The highest BCUT2D eigenvalue weighted by Gasteiger charge is 2.10. The van der Waals surface area contributed by atoms with Crippen molar-refractivity contribution in [2.75, 3.05) is 18.0 Å². The molecule has 1 fully saturated rings. The molecule has 116 valence electrons. The monoisotopic (exact) mass is 306 g/mol. The highest BCUT2D eigenvalue weighted by atomic mass is 19.1. The van der Waals surface area contributed by atoms with Crippen LogP contribution in [-0.4, -0.2) is 13.1 Å². The van der Waals surface area contributed by atoms with E-state index in [1.165, 1.54) is 37.1 Å². The number of nitrogens with zero attached hydrogens (tertiary/aromatic N) is 2. The third-order valence-corrected chi connectivity index (χ3v) is 4.20. The van der Waals surface area contributed by atoms with Gasteiger partial charge < -0.3 is 4.90 Å². The van der Waals surface area contributed by atoms with E-state index in [-0.39, 0.29) is 5.82 Å². The van der Waals surface area contributed by atoms with Gasteiger partial charge >= 0.3 is 0 Å². The molecule has 1 heterocycles. The third-order valence-electron chi connectivity index (χ3n) is 4.20. The van der Waals surface area contributed by atoms with Crippen LogP contribution >= 0.6 is 0 Å². The summed E-state index contributed by atoms with van der Waals surface area (Å²) < 4.78 is 13.0. The molecule has 0 amide bonds. The summed E-state index contributed by atoms with van der Waals surface area (Å²) in [5.74, 6) is -0.295. The van der Waals surface area contributed by atoms with Crippen LogP contribution in [0.5, 0.6) is 0 Å². The minimum Gasteiger partial charge on any atom is -0.372 e. The van der Waals surface area contributed by atoms with E-state index in [0.717, 1.165) is 24.2 Å². The standard InChI is InChI=1S/C20H19FN2/c21-19-8-6-17(7-9-19)18(15-22)14-16-4-10-20(11-5-16)23-12-2-1-3-13-23/h4-11,14H,1-3,12-13H2/b18-14+. The number of allylic oxidation sites excluding steroid dienone is 1. The van der Waals surface area contributed by atoms with Gasteiger partial charge in [0, 0.05) is 18.8 Å². The lowest BCUT2D eigenvalue weighted by molar-refractivity contribution is 0.578. The fraction of sp³-hybridized carbons (Fsp3) is 0.250. The van der Waals surface area contributed by atoms with E-state index < -0.39 is 0 Å². The van der Waals surface area contributed by atoms with Gasteiger partial charge in [0.1, 0.15) is 5.82 Å². The van der Waals surface area contributed by atoms with Crippen molar-refractivity contribution < 1.29 is 4.39 Å². The topological polar surface area (TPSA) is 27.0 Å².